The Morgan fingerprint density at radius 1 is 1.38 bits per heavy atom. The Labute approximate surface area is 149 Å². The zero-order chi connectivity index (χ0) is 17.6. The highest BCUT2D eigenvalue weighted by atomic mass is 35.5. The monoisotopic (exact) mass is 372 g/mol. The van der Waals surface area contributed by atoms with Crippen LogP contribution in [0.25, 0.3) is 0 Å². The number of rotatable bonds is 5. The summed E-state index contributed by atoms with van der Waals surface area (Å²) in [5, 5.41) is 4.05. The summed E-state index contributed by atoms with van der Waals surface area (Å²) < 4.78 is 22.9. The molecule has 0 bridgehead atoms. The fourth-order valence-electron chi connectivity index (χ4n) is 2.67. The minimum absolute atomic E-state index is 0.260. The van der Waals surface area contributed by atoms with E-state index in [0.717, 1.165) is 29.6 Å². The normalized spacial score (nSPS) is 18.4. The van der Waals surface area contributed by atoms with Crippen LogP contribution in [-0.2, 0) is 16.4 Å². The van der Waals surface area contributed by atoms with Crippen LogP contribution in [0.1, 0.15) is 5.56 Å². The van der Waals surface area contributed by atoms with Gasteiger partial charge in [-0.25, -0.2) is 8.42 Å². The fourth-order valence-corrected chi connectivity index (χ4v) is 4.16. The van der Waals surface area contributed by atoms with Gasteiger partial charge in [-0.1, -0.05) is 23.7 Å². The third-order valence-electron chi connectivity index (χ3n) is 4.03. The Morgan fingerprint density at radius 3 is 2.71 bits per heavy atom. The van der Waals surface area contributed by atoms with Crippen molar-refractivity contribution >= 4 is 27.4 Å². The molecule has 0 aliphatic carbocycles. The molecule has 0 spiro atoms. The predicted molar refractivity (Wildman–Crippen MR) is 99.4 cm³/mol. The maximum atomic E-state index is 11.4. The van der Waals surface area contributed by atoms with Crippen LogP contribution in [0.15, 0.2) is 29.3 Å². The van der Waals surface area contributed by atoms with Crippen molar-refractivity contribution in [1.82, 2.24) is 15.1 Å². The molecule has 1 fully saturated rings. The number of benzene rings is 1. The molecule has 0 unspecified atom stereocenters. The Balaban J connectivity index is 1.77. The second-order valence-electron chi connectivity index (χ2n) is 5.95. The third-order valence-corrected chi connectivity index (χ3v) is 5.87. The smallest absolute Gasteiger partial charge is 0.193 e. The molecule has 0 saturated carbocycles. The maximum absolute atomic E-state index is 11.4. The number of sulfone groups is 1. The van der Waals surface area contributed by atoms with Crippen LogP contribution in [0.5, 0.6) is 0 Å². The van der Waals surface area contributed by atoms with Crippen LogP contribution in [0.2, 0.25) is 5.02 Å². The molecule has 0 radical (unpaired) electrons. The molecule has 8 heteroatoms. The van der Waals surface area contributed by atoms with E-state index < -0.39 is 9.84 Å². The largest absolute Gasteiger partial charge is 0.355 e. The highest BCUT2D eigenvalue weighted by Crippen LogP contribution is 2.12. The maximum Gasteiger partial charge on any atom is 0.193 e. The number of nitrogens with zero attached hydrogens (tertiary/aromatic N) is 3. The summed E-state index contributed by atoms with van der Waals surface area (Å²) in [5.74, 6) is 1.33. The average molecular weight is 373 g/mol. The van der Waals surface area contributed by atoms with E-state index in [1.807, 2.05) is 36.2 Å². The first-order valence-electron chi connectivity index (χ1n) is 7.98. The Bertz CT molecular complexity index is 664. The average Bonchev–Trinajstić information content (AvgIpc) is 2.53. The quantitative estimate of drug-likeness (QED) is 0.619. The van der Waals surface area contributed by atoms with Gasteiger partial charge >= 0.3 is 0 Å². The van der Waals surface area contributed by atoms with E-state index >= 15 is 0 Å². The minimum Gasteiger partial charge on any atom is -0.355 e. The number of hydrogen-bond donors (Lipinski definition) is 1. The number of hydrogen-bond acceptors (Lipinski definition) is 4. The van der Waals surface area contributed by atoms with Gasteiger partial charge in [-0.15, -0.1) is 0 Å². The van der Waals surface area contributed by atoms with Crippen molar-refractivity contribution in [3.63, 3.8) is 0 Å². The van der Waals surface area contributed by atoms with Crippen molar-refractivity contribution < 1.29 is 8.42 Å². The Hall–Kier alpha value is -1.31. The molecule has 1 N–H and O–H groups in total. The van der Waals surface area contributed by atoms with Gasteiger partial charge in [0.2, 0.25) is 0 Å². The highest BCUT2D eigenvalue weighted by molar-refractivity contribution is 7.91. The SMILES string of the molecule is CN=C(NCCN1CCS(=O)(=O)CC1)N(C)Cc1cccc(Cl)c1. The Kier molecular flexibility index (Phi) is 6.89. The van der Waals surface area contributed by atoms with E-state index in [0.29, 0.717) is 19.6 Å². The minimum atomic E-state index is -2.82. The molecule has 1 aliphatic heterocycles. The lowest BCUT2D eigenvalue weighted by Gasteiger charge is -2.28. The first kappa shape index (κ1) is 19.0. The van der Waals surface area contributed by atoms with Crippen LogP contribution in [0.4, 0.5) is 0 Å². The van der Waals surface area contributed by atoms with E-state index in [1.165, 1.54) is 0 Å². The highest BCUT2D eigenvalue weighted by Gasteiger charge is 2.21. The first-order valence-corrected chi connectivity index (χ1v) is 10.2. The van der Waals surface area contributed by atoms with Gasteiger partial charge in [0.15, 0.2) is 15.8 Å². The molecule has 2 rings (SSSR count). The molecule has 134 valence electrons. The number of nitrogens with one attached hydrogen (secondary N) is 1. The van der Waals surface area contributed by atoms with Crippen LogP contribution in [0, 0.1) is 0 Å². The van der Waals surface area contributed by atoms with Gasteiger partial charge in [0, 0.05) is 51.8 Å². The van der Waals surface area contributed by atoms with Crippen molar-refractivity contribution in [2.24, 2.45) is 4.99 Å². The van der Waals surface area contributed by atoms with Crippen LogP contribution >= 0.6 is 11.6 Å². The standard InChI is InChI=1S/C16H25ClN4O2S/c1-18-16(20(2)13-14-4-3-5-15(17)12-14)19-6-7-21-8-10-24(22,23)11-9-21/h3-5,12H,6-11,13H2,1-2H3,(H,18,19). The lowest BCUT2D eigenvalue weighted by atomic mass is 10.2. The summed E-state index contributed by atoms with van der Waals surface area (Å²) >= 11 is 6.02. The van der Waals surface area contributed by atoms with Crippen molar-refractivity contribution in [2.75, 3.05) is 51.8 Å². The number of guanidine groups is 1. The zero-order valence-corrected chi connectivity index (χ0v) is 15.8. The van der Waals surface area contributed by atoms with Crippen molar-refractivity contribution in [3.05, 3.63) is 34.9 Å². The zero-order valence-electron chi connectivity index (χ0n) is 14.2. The number of halogens is 1. The van der Waals surface area contributed by atoms with E-state index in [1.54, 1.807) is 7.05 Å². The number of aliphatic imine (C=N–C) groups is 1. The molecular formula is C16H25ClN4O2S. The molecule has 0 atom stereocenters. The summed E-state index contributed by atoms with van der Waals surface area (Å²) in [6.07, 6.45) is 0. The van der Waals surface area contributed by atoms with Gasteiger partial charge in [0.05, 0.1) is 11.5 Å². The first-order chi connectivity index (χ1) is 11.4. The van der Waals surface area contributed by atoms with E-state index in [2.05, 4.69) is 15.2 Å². The molecule has 0 amide bonds. The molecule has 1 heterocycles. The van der Waals surface area contributed by atoms with Crippen molar-refractivity contribution in [3.8, 4) is 0 Å². The second kappa shape index (κ2) is 8.69. The summed E-state index contributed by atoms with van der Waals surface area (Å²) in [4.78, 5) is 8.50. The second-order valence-corrected chi connectivity index (χ2v) is 8.69. The van der Waals surface area contributed by atoms with Gasteiger partial charge in [0.1, 0.15) is 0 Å². The molecule has 1 saturated heterocycles. The topological polar surface area (TPSA) is 65.0 Å². The summed E-state index contributed by atoms with van der Waals surface area (Å²) in [6.45, 7) is 3.47. The Morgan fingerprint density at radius 2 is 2.08 bits per heavy atom. The molecule has 1 aromatic rings. The van der Waals surface area contributed by atoms with Crippen LogP contribution in [0.3, 0.4) is 0 Å². The van der Waals surface area contributed by atoms with E-state index in [9.17, 15) is 8.42 Å². The molecular weight excluding hydrogens is 348 g/mol. The molecule has 1 aliphatic rings. The summed E-state index contributed by atoms with van der Waals surface area (Å²) in [5.41, 5.74) is 1.12. The van der Waals surface area contributed by atoms with Gasteiger partial charge < -0.3 is 10.2 Å². The van der Waals surface area contributed by atoms with E-state index in [-0.39, 0.29) is 11.5 Å². The van der Waals surface area contributed by atoms with Crippen molar-refractivity contribution in [1.29, 1.82) is 0 Å². The molecule has 1 aromatic carbocycles. The summed E-state index contributed by atoms with van der Waals surface area (Å²) in [7, 11) is 0.912. The fraction of sp³-hybridized carbons (Fsp3) is 0.562. The van der Waals surface area contributed by atoms with Gasteiger partial charge in [-0.3, -0.25) is 9.89 Å². The predicted octanol–water partition coefficient (Wildman–Crippen LogP) is 1.08. The summed E-state index contributed by atoms with van der Waals surface area (Å²) in [6, 6.07) is 7.77. The molecule has 6 nitrogen and oxygen atoms in total. The van der Waals surface area contributed by atoms with Gasteiger partial charge in [-0.2, -0.15) is 0 Å². The molecule has 0 aromatic heterocycles. The molecule has 24 heavy (non-hydrogen) atoms. The van der Waals surface area contributed by atoms with Gasteiger partial charge in [-0.05, 0) is 17.7 Å². The van der Waals surface area contributed by atoms with Crippen LogP contribution < -0.4 is 5.32 Å². The van der Waals surface area contributed by atoms with E-state index in [4.69, 9.17) is 11.6 Å². The lowest BCUT2D eigenvalue weighted by Crippen LogP contribution is -2.46. The lowest BCUT2D eigenvalue weighted by molar-refractivity contribution is 0.298. The van der Waals surface area contributed by atoms with Crippen molar-refractivity contribution in [2.45, 2.75) is 6.54 Å². The van der Waals surface area contributed by atoms with Crippen LogP contribution in [-0.4, -0.2) is 76.0 Å². The third kappa shape index (κ3) is 5.96. The van der Waals surface area contributed by atoms with Gasteiger partial charge in [0.25, 0.3) is 0 Å².